The molecule has 2 aromatic rings. The molecule has 126 valence electrons. The highest BCUT2D eigenvalue weighted by Gasteiger charge is 2.37. The molecule has 2 rings (SSSR count). The summed E-state index contributed by atoms with van der Waals surface area (Å²) in [6.45, 7) is 0. The Morgan fingerprint density at radius 1 is 0.652 bits per heavy atom. The van der Waals surface area contributed by atoms with Gasteiger partial charge in [0, 0.05) is 10.8 Å². The van der Waals surface area contributed by atoms with Crippen LogP contribution in [0.3, 0.4) is 0 Å². The largest absolute Gasteiger partial charge is 0.297 e. The molecule has 0 aromatic heterocycles. The third kappa shape index (κ3) is 3.19. The summed E-state index contributed by atoms with van der Waals surface area (Å²) in [4.78, 5) is -4.69. The molecular weight excluding hydrogens is 396 g/mol. The van der Waals surface area contributed by atoms with Crippen molar-refractivity contribution in [1.29, 1.82) is 0 Å². The van der Waals surface area contributed by atoms with Crippen molar-refractivity contribution in [3.8, 4) is 0 Å². The van der Waals surface area contributed by atoms with Crippen LogP contribution < -0.4 is 0 Å². The Hall–Kier alpha value is -1.28. The predicted molar refractivity (Wildman–Crippen MR) is 78.4 cm³/mol. The molecule has 0 amide bonds. The quantitative estimate of drug-likeness (QED) is 0.640. The van der Waals surface area contributed by atoms with E-state index in [1.807, 2.05) is 0 Å². The van der Waals surface area contributed by atoms with Gasteiger partial charge in [-0.3, -0.25) is 13.7 Å². The molecule has 9 nitrogen and oxygen atoms in total. The molecule has 0 saturated heterocycles. The standard InChI is InChI=1S/C10H7ClO9S3/c11-7-5-3-1-2-4-6(5)8(21(12,13)14)10(23(18,19)20)9(7)22(15,16)17/h1-4H,(H,12,13,14)(H,15,16,17)(H,18,19,20). The van der Waals surface area contributed by atoms with Gasteiger partial charge in [0.25, 0.3) is 30.4 Å². The minimum Gasteiger partial charge on any atom is -0.282 e. The number of benzene rings is 2. The highest BCUT2D eigenvalue weighted by atomic mass is 35.5. The van der Waals surface area contributed by atoms with Crippen molar-refractivity contribution in [1.82, 2.24) is 0 Å². The Morgan fingerprint density at radius 3 is 1.43 bits per heavy atom. The van der Waals surface area contributed by atoms with Crippen LogP contribution in [0.5, 0.6) is 0 Å². The molecule has 0 radical (unpaired) electrons. The van der Waals surface area contributed by atoms with Gasteiger partial charge in [0.1, 0.15) is 14.7 Å². The third-order valence-electron chi connectivity index (χ3n) is 2.79. The van der Waals surface area contributed by atoms with Crippen LogP contribution in [0.4, 0.5) is 0 Å². The molecule has 0 fully saturated rings. The summed E-state index contributed by atoms with van der Waals surface area (Å²) in [5.74, 6) is 0. The first kappa shape index (κ1) is 18.1. The predicted octanol–water partition coefficient (Wildman–Crippen LogP) is 1.23. The van der Waals surface area contributed by atoms with E-state index < -0.39 is 55.4 Å². The Balaban J connectivity index is 3.43. The van der Waals surface area contributed by atoms with Crippen LogP contribution in [0, 0.1) is 0 Å². The topological polar surface area (TPSA) is 163 Å². The van der Waals surface area contributed by atoms with Crippen LogP contribution in [0.2, 0.25) is 5.02 Å². The summed E-state index contributed by atoms with van der Waals surface area (Å²) < 4.78 is 96.8. The van der Waals surface area contributed by atoms with Crippen LogP contribution in [0.25, 0.3) is 10.8 Å². The summed E-state index contributed by atoms with van der Waals surface area (Å²) in [5, 5.41) is -1.56. The maximum absolute atomic E-state index is 11.6. The number of hydrogen-bond acceptors (Lipinski definition) is 6. The molecule has 3 N–H and O–H groups in total. The van der Waals surface area contributed by atoms with Gasteiger partial charge < -0.3 is 0 Å². The van der Waals surface area contributed by atoms with Crippen LogP contribution in [-0.2, 0) is 30.4 Å². The molecule has 0 saturated carbocycles. The molecule has 23 heavy (non-hydrogen) atoms. The first-order valence-electron chi connectivity index (χ1n) is 5.43. The average Bonchev–Trinajstić information content (AvgIpc) is 2.34. The van der Waals surface area contributed by atoms with Gasteiger partial charge in [-0.15, -0.1) is 0 Å². The van der Waals surface area contributed by atoms with E-state index in [1.54, 1.807) is 0 Å². The monoisotopic (exact) mass is 402 g/mol. The van der Waals surface area contributed by atoms with Crippen molar-refractivity contribution in [2.45, 2.75) is 14.7 Å². The highest BCUT2D eigenvalue weighted by Crippen LogP contribution is 2.41. The van der Waals surface area contributed by atoms with Gasteiger partial charge in [-0.2, -0.15) is 25.3 Å². The van der Waals surface area contributed by atoms with Crippen molar-refractivity contribution < 1.29 is 38.9 Å². The molecule has 0 aliphatic rings. The second-order valence-electron chi connectivity index (χ2n) is 4.27. The zero-order chi connectivity index (χ0) is 17.8. The lowest BCUT2D eigenvalue weighted by atomic mass is 10.1. The normalized spacial score (nSPS) is 13.4. The Labute approximate surface area is 135 Å². The van der Waals surface area contributed by atoms with Crippen molar-refractivity contribution in [3.63, 3.8) is 0 Å². The number of rotatable bonds is 3. The highest BCUT2D eigenvalue weighted by molar-refractivity contribution is 7.90. The molecule has 13 heteroatoms. The fraction of sp³-hybridized carbons (Fsp3) is 0. The van der Waals surface area contributed by atoms with Crippen molar-refractivity contribution in [2.75, 3.05) is 0 Å². The summed E-state index contributed by atoms with van der Waals surface area (Å²) >= 11 is 5.77. The van der Waals surface area contributed by atoms with Gasteiger partial charge >= 0.3 is 0 Å². The van der Waals surface area contributed by atoms with E-state index in [4.69, 9.17) is 11.6 Å². The number of halogens is 1. The van der Waals surface area contributed by atoms with E-state index in [0.717, 1.165) is 12.1 Å². The van der Waals surface area contributed by atoms with Crippen molar-refractivity contribution in [2.24, 2.45) is 0 Å². The minimum absolute atomic E-state index is 0.276. The van der Waals surface area contributed by atoms with Gasteiger partial charge in [-0.1, -0.05) is 35.9 Å². The zero-order valence-electron chi connectivity index (χ0n) is 10.7. The van der Waals surface area contributed by atoms with E-state index in [2.05, 4.69) is 0 Å². The molecule has 0 heterocycles. The van der Waals surface area contributed by atoms with E-state index in [9.17, 15) is 38.9 Å². The molecule has 0 bridgehead atoms. The first-order chi connectivity index (χ1) is 10.3. The Kier molecular flexibility index (Phi) is 4.22. The van der Waals surface area contributed by atoms with Crippen LogP contribution in [0.1, 0.15) is 0 Å². The second-order valence-corrected chi connectivity index (χ2v) is 8.73. The minimum atomic E-state index is -5.51. The number of fused-ring (bicyclic) bond motifs is 1. The molecule has 2 aromatic carbocycles. The van der Waals surface area contributed by atoms with Gasteiger partial charge in [-0.25, -0.2) is 0 Å². The Morgan fingerprint density at radius 2 is 1.04 bits per heavy atom. The SMILES string of the molecule is O=S(=O)(O)c1c(S(=O)(=O)O)c(S(=O)(=O)O)c2ccccc2c1Cl. The fourth-order valence-corrected chi connectivity index (χ4v) is 6.12. The van der Waals surface area contributed by atoms with Gasteiger partial charge in [0.2, 0.25) is 0 Å². The van der Waals surface area contributed by atoms with Crippen molar-refractivity contribution >= 4 is 52.7 Å². The van der Waals surface area contributed by atoms with E-state index in [-0.39, 0.29) is 5.39 Å². The molecule has 0 aliphatic heterocycles. The fourth-order valence-electron chi connectivity index (χ4n) is 2.04. The number of hydrogen-bond donors (Lipinski definition) is 3. The summed E-state index contributed by atoms with van der Waals surface area (Å²) in [7, 11) is -16.2. The zero-order valence-corrected chi connectivity index (χ0v) is 13.9. The summed E-state index contributed by atoms with van der Waals surface area (Å²) in [6, 6.07) is 4.75. The van der Waals surface area contributed by atoms with Crippen LogP contribution in [-0.4, -0.2) is 38.9 Å². The van der Waals surface area contributed by atoms with E-state index >= 15 is 0 Å². The van der Waals surface area contributed by atoms with Crippen LogP contribution in [0.15, 0.2) is 39.0 Å². The summed E-state index contributed by atoms with van der Waals surface area (Å²) in [5.41, 5.74) is 0. The lowest BCUT2D eigenvalue weighted by Crippen LogP contribution is -2.15. The molecule has 0 spiro atoms. The van der Waals surface area contributed by atoms with Gasteiger partial charge in [0.05, 0.1) is 5.02 Å². The average molecular weight is 403 g/mol. The first-order valence-corrected chi connectivity index (χ1v) is 10.1. The summed E-state index contributed by atoms with van der Waals surface area (Å²) in [6.07, 6.45) is 0. The molecular formula is C10H7ClO9S3. The van der Waals surface area contributed by atoms with E-state index in [0.29, 0.717) is 0 Å². The van der Waals surface area contributed by atoms with E-state index in [1.165, 1.54) is 12.1 Å². The molecule has 0 unspecified atom stereocenters. The van der Waals surface area contributed by atoms with Crippen LogP contribution >= 0.6 is 11.6 Å². The second kappa shape index (κ2) is 5.37. The molecule has 0 aliphatic carbocycles. The Bertz CT molecular complexity index is 1130. The smallest absolute Gasteiger partial charge is 0.282 e. The van der Waals surface area contributed by atoms with Crippen molar-refractivity contribution in [3.05, 3.63) is 29.3 Å². The maximum Gasteiger partial charge on any atom is 0.297 e. The lowest BCUT2D eigenvalue weighted by molar-refractivity contribution is 0.457. The maximum atomic E-state index is 11.6. The third-order valence-corrected chi connectivity index (χ3v) is 6.35. The lowest BCUT2D eigenvalue weighted by Gasteiger charge is -2.14. The van der Waals surface area contributed by atoms with Gasteiger partial charge in [-0.05, 0) is 0 Å². The van der Waals surface area contributed by atoms with Gasteiger partial charge in [0.15, 0.2) is 0 Å². The molecule has 0 atom stereocenters.